The number of unbranched alkanes of at least 4 members (excludes halogenated alkanes) is 1. The van der Waals surface area contributed by atoms with Gasteiger partial charge in [0.25, 0.3) is 0 Å². The lowest BCUT2D eigenvalue weighted by Crippen LogP contribution is -2.58. The quantitative estimate of drug-likeness (QED) is 0.364. The lowest BCUT2D eigenvalue weighted by molar-refractivity contribution is -0.158. The lowest BCUT2D eigenvalue weighted by Gasteiger charge is -2.45. The largest absolute Gasteiger partial charge is 0.465 e. The van der Waals surface area contributed by atoms with Crippen LogP contribution in [0.15, 0.2) is 43.0 Å². The Morgan fingerprint density at radius 3 is 2.72 bits per heavy atom. The molecule has 2 fully saturated rings. The first-order valence-electron chi connectivity index (χ1n) is 9.44. The van der Waals surface area contributed by atoms with E-state index in [2.05, 4.69) is 43.9 Å². The van der Waals surface area contributed by atoms with Crippen LogP contribution >= 0.6 is 0 Å². The summed E-state index contributed by atoms with van der Waals surface area (Å²) in [4.78, 5) is 13.0. The predicted molar refractivity (Wildman–Crippen MR) is 104 cm³/mol. The molecule has 25 heavy (non-hydrogen) atoms. The van der Waals surface area contributed by atoms with Crippen molar-refractivity contribution in [1.29, 1.82) is 0 Å². The monoisotopic (exact) mass is 358 g/mol. The molecule has 2 aliphatic rings. The molecular formula is C21H30O3Si. The van der Waals surface area contributed by atoms with Crippen molar-refractivity contribution in [1.82, 2.24) is 0 Å². The second-order valence-corrected chi connectivity index (χ2v) is 13.0. The topological polar surface area (TPSA) is 46.5 Å². The molecule has 3 rings (SSSR count). The van der Waals surface area contributed by atoms with Crippen LogP contribution < -0.4 is 5.19 Å². The molecule has 3 atom stereocenters. The number of hydrogen-bond donors (Lipinski definition) is 1. The number of ether oxygens (including phenoxy) is 1. The van der Waals surface area contributed by atoms with Crippen molar-refractivity contribution < 1.29 is 14.6 Å². The van der Waals surface area contributed by atoms with E-state index in [1.807, 2.05) is 12.1 Å². The Labute approximate surface area is 152 Å². The van der Waals surface area contributed by atoms with E-state index in [0.717, 1.165) is 25.7 Å². The number of hydrogen-bond acceptors (Lipinski definition) is 3. The first-order chi connectivity index (χ1) is 11.9. The Kier molecular flexibility index (Phi) is 4.95. The highest BCUT2D eigenvalue weighted by Gasteiger charge is 2.69. The first-order valence-corrected chi connectivity index (χ1v) is 12.5. The van der Waals surface area contributed by atoms with Crippen molar-refractivity contribution in [2.45, 2.75) is 62.8 Å². The van der Waals surface area contributed by atoms with Crippen LogP contribution in [0.4, 0.5) is 0 Å². The number of carbonyl (C=O) groups is 1. The molecule has 2 unspecified atom stereocenters. The lowest BCUT2D eigenvalue weighted by atomic mass is 9.70. The van der Waals surface area contributed by atoms with Crippen LogP contribution in [-0.4, -0.2) is 31.4 Å². The third-order valence-corrected chi connectivity index (χ3v) is 10.9. The van der Waals surface area contributed by atoms with E-state index in [9.17, 15) is 9.90 Å². The number of benzene rings is 1. The van der Waals surface area contributed by atoms with Crippen LogP contribution in [0.3, 0.4) is 0 Å². The number of carbonyl (C=O) groups excluding carboxylic acids is 1. The third kappa shape index (κ3) is 2.79. The van der Waals surface area contributed by atoms with Gasteiger partial charge in [-0.05, 0) is 38.5 Å². The summed E-state index contributed by atoms with van der Waals surface area (Å²) in [5, 5.41) is 12.9. The Morgan fingerprint density at radius 1 is 1.32 bits per heavy atom. The van der Waals surface area contributed by atoms with Crippen molar-refractivity contribution in [2.24, 2.45) is 5.41 Å². The van der Waals surface area contributed by atoms with Crippen molar-refractivity contribution in [3.8, 4) is 0 Å². The molecular weight excluding hydrogens is 328 g/mol. The molecule has 0 amide bonds. The van der Waals surface area contributed by atoms with E-state index in [0.29, 0.717) is 19.4 Å². The van der Waals surface area contributed by atoms with Gasteiger partial charge in [-0.1, -0.05) is 54.7 Å². The molecule has 0 radical (unpaired) electrons. The highest BCUT2D eigenvalue weighted by atomic mass is 28.3. The average Bonchev–Trinajstić information content (AvgIpc) is 3.12. The van der Waals surface area contributed by atoms with Gasteiger partial charge in [-0.2, -0.15) is 0 Å². The van der Waals surface area contributed by atoms with E-state index < -0.39 is 19.1 Å². The van der Waals surface area contributed by atoms with Gasteiger partial charge in [0.05, 0.1) is 20.3 Å². The Hall–Kier alpha value is -1.39. The smallest absolute Gasteiger partial charge is 0.315 e. The van der Waals surface area contributed by atoms with Gasteiger partial charge in [0.2, 0.25) is 0 Å². The first kappa shape index (κ1) is 18.4. The fraction of sp³-hybridized carbons (Fsp3) is 0.571. The van der Waals surface area contributed by atoms with E-state index in [1.54, 1.807) is 0 Å². The van der Waals surface area contributed by atoms with Crippen LogP contribution in [0.1, 0.15) is 38.5 Å². The molecule has 3 nitrogen and oxygen atoms in total. The zero-order valence-corrected chi connectivity index (χ0v) is 16.5. The maximum absolute atomic E-state index is 13.0. The fourth-order valence-electron chi connectivity index (χ4n) is 5.26. The maximum Gasteiger partial charge on any atom is 0.315 e. The van der Waals surface area contributed by atoms with E-state index in [4.69, 9.17) is 4.74 Å². The number of cyclic esters (lactones) is 1. The number of rotatable bonds is 6. The number of allylic oxidation sites excluding steroid dienone is 1. The summed E-state index contributed by atoms with van der Waals surface area (Å²) >= 11 is 0. The summed E-state index contributed by atoms with van der Waals surface area (Å²) in [6.07, 6.45) is 6.64. The van der Waals surface area contributed by atoms with Crippen LogP contribution in [0.2, 0.25) is 18.6 Å². The van der Waals surface area contributed by atoms with Crippen molar-refractivity contribution in [2.75, 3.05) is 6.61 Å². The van der Waals surface area contributed by atoms with Gasteiger partial charge in [0.1, 0.15) is 5.41 Å². The highest BCUT2D eigenvalue weighted by Crippen LogP contribution is 2.61. The van der Waals surface area contributed by atoms with Gasteiger partial charge in [0, 0.05) is 5.54 Å². The molecule has 1 aliphatic heterocycles. The number of aliphatic hydroxyl groups is 1. The molecule has 1 aliphatic carbocycles. The molecule has 1 spiro atoms. The number of esters is 1. The minimum Gasteiger partial charge on any atom is -0.465 e. The minimum absolute atomic E-state index is 0.117. The van der Waals surface area contributed by atoms with Gasteiger partial charge in [-0.3, -0.25) is 4.79 Å². The molecule has 1 saturated carbocycles. The molecule has 1 N–H and O–H groups in total. The normalized spacial score (nSPS) is 32.1. The summed E-state index contributed by atoms with van der Waals surface area (Å²) in [5.74, 6) is -0.160. The summed E-state index contributed by atoms with van der Waals surface area (Å²) in [6, 6.07) is 10.5. The average molecular weight is 359 g/mol. The summed E-state index contributed by atoms with van der Waals surface area (Å²) in [7, 11) is -1.99. The van der Waals surface area contributed by atoms with E-state index in [1.165, 1.54) is 5.19 Å². The van der Waals surface area contributed by atoms with Crippen LogP contribution in [-0.2, 0) is 9.53 Å². The van der Waals surface area contributed by atoms with Gasteiger partial charge in [-0.15, -0.1) is 6.58 Å². The second-order valence-electron chi connectivity index (χ2n) is 8.28. The molecule has 1 aromatic carbocycles. The van der Waals surface area contributed by atoms with Crippen molar-refractivity contribution >= 4 is 19.2 Å². The summed E-state index contributed by atoms with van der Waals surface area (Å²) in [6.45, 7) is 8.87. The maximum atomic E-state index is 13.0. The summed E-state index contributed by atoms with van der Waals surface area (Å²) < 4.78 is 5.63. The SMILES string of the molecule is C=CCCCC1(O)CCCC12C(=O)OC[C@@H]2[Si](C)(C)c1ccccc1. The molecule has 0 bridgehead atoms. The zero-order chi connectivity index (χ0) is 18.1. The van der Waals surface area contributed by atoms with Crippen LogP contribution in [0.25, 0.3) is 0 Å². The summed E-state index contributed by atoms with van der Waals surface area (Å²) in [5.41, 5.74) is -1.54. The predicted octanol–water partition coefficient (Wildman–Crippen LogP) is 3.79. The highest BCUT2D eigenvalue weighted by molar-refractivity contribution is 6.91. The molecule has 1 aromatic rings. The van der Waals surface area contributed by atoms with E-state index in [-0.39, 0.29) is 11.5 Å². The Bertz CT molecular complexity index is 642. The molecule has 0 aromatic heterocycles. The minimum atomic E-state index is -1.99. The van der Waals surface area contributed by atoms with Gasteiger partial charge in [0.15, 0.2) is 0 Å². The molecule has 136 valence electrons. The van der Waals surface area contributed by atoms with Gasteiger partial charge in [-0.25, -0.2) is 0 Å². The van der Waals surface area contributed by atoms with Crippen LogP contribution in [0, 0.1) is 5.41 Å². The van der Waals surface area contributed by atoms with Crippen molar-refractivity contribution in [3.05, 3.63) is 43.0 Å². The standard InChI is InChI=1S/C21H30O3Si/c1-4-5-9-13-20(23)14-10-15-21(20)18(16-24-19(21)22)25(2,3)17-11-7-6-8-12-17/h4,6-8,11-12,18,23H,1,5,9-10,13-16H2,2-3H3/t18-,20?,21?/m0/s1. The molecule has 1 heterocycles. The zero-order valence-electron chi connectivity index (χ0n) is 15.5. The molecule has 4 heteroatoms. The van der Waals surface area contributed by atoms with Gasteiger partial charge >= 0.3 is 5.97 Å². The van der Waals surface area contributed by atoms with Gasteiger partial charge < -0.3 is 9.84 Å². The van der Waals surface area contributed by atoms with Crippen LogP contribution in [0.5, 0.6) is 0 Å². The third-order valence-electron chi connectivity index (χ3n) is 6.72. The second kappa shape index (κ2) is 6.73. The fourth-order valence-corrected chi connectivity index (χ4v) is 8.98. The van der Waals surface area contributed by atoms with Crippen molar-refractivity contribution in [3.63, 3.8) is 0 Å². The van der Waals surface area contributed by atoms with E-state index >= 15 is 0 Å². The Morgan fingerprint density at radius 2 is 2.04 bits per heavy atom. The Balaban J connectivity index is 1.99. The molecule has 1 saturated heterocycles.